The van der Waals surface area contributed by atoms with E-state index in [9.17, 15) is 22.8 Å². The maximum absolute atomic E-state index is 15.6. The molecule has 0 saturated carbocycles. The van der Waals surface area contributed by atoms with Crippen LogP contribution in [0, 0.1) is 5.82 Å². The van der Waals surface area contributed by atoms with Crippen molar-refractivity contribution in [3.63, 3.8) is 0 Å². The highest BCUT2D eigenvalue weighted by Gasteiger charge is 2.41. The number of nitrogens with zero attached hydrogens (tertiary/aromatic N) is 5. The van der Waals surface area contributed by atoms with Gasteiger partial charge in [0.1, 0.15) is 23.2 Å². The molecule has 10 nitrogen and oxygen atoms in total. The average Bonchev–Trinajstić information content (AvgIpc) is 3.21. The van der Waals surface area contributed by atoms with Crippen LogP contribution >= 0.6 is 23.2 Å². The lowest BCUT2D eigenvalue weighted by molar-refractivity contribution is -0.142. The van der Waals surface area contributed by atoms with Crippen LogP contribution in [-0.4, -0.2) is 51.4 Å². The first-order valence-corrected chi connectivity index (χ1v) is 15.0. The Kier molecular flexibility index (Phi) is 7.94. The minimum atomic E-state index is -5.21. The third-order valence-corrected chi connectivity index (χ3v) is 8.76. The lowest BCUT2D eigenvalue weighted by Gasteiger charge is -2.37. The van der Waals surface area contributed by atoms with Gasteiger partial charge in [0, 0.05) is 37.5 Å². The second-order valence-corrected chi connectivity index (χ2v) is 11.5. The largest absolute Gasteiger partial charge is 0.486 e. The molecule has 1 atom stereocenters. The molecule has 0 bridgehead atoms. The molecule has 2 aliphatic rings. The van der Waals surface area contributed by atoms with Crippen molar-refractivity contribution >= 4 is 45.5 Å². The number of pyridine rings is 2. The second kappa shape index (κ2) is 11.5. The first-order chi connectivity index (χ1) is 21.4. The molecule has 5 heterocycles. The quantitative estimate of drug-likeness (QED) is 0.183. The smallest absolute Gasteiger partial charge is 0.431 e. The Labute approximate surface area is 263 Å². The number of aromatic nitrogens is 4. The summed E-state index contributed by atoms with van der Waals surface area (Å²) in [6, 6.07) is 1.40. The Morgan fingerprint density at radius 3 is 2.36 bits per heavy atom. The van der Waals surface area contributed by atoms with E-state index in [1.54, 1.807) is 18.7 Å². The number of hydrogen-bond acceptors (Lipinski definition) is 8. The van der Waals surface area contributed by atoms with E-state index in [1.807, 2.05) is 0 Å². The highest BCUT2D eigenvalue weighted by atomic mass is 35.5. The van der Waals surface area contributed by atoms with Gasteiger partial charge in [-0.2, -0.15) is 13.2 Å². The van der Waals surface area contributed by atoms with E-state index in [2.05, 4.69) is 15.3 Å². The fourth-order valence-electron chi connectivity index (χ4n) is 6.14. The lowest BCUT2D eigenvalue weighted by atomic mass is 10.0. The van der Waals surface area contributed by atoms with Crippen molar-refractivity contribution < 1.29 is 22.3 Å². The number of nitrogens with two attached hydrogens (primary N) is 1. The molecule has 0 radical (unpaired) electrons. The van der Waals surface area contributed by atoms with Gasteiger partial charge in [0.25, 0.3) is 11.1 Å². The van der Waals surface area contributed by atoms with E-state index in [4.69, 9.17) is 33.7 Å². The number of alkyl halides is 3. The fraction of sp³-hybridized carbons (Fsp3) is 0.379. The summed E-state index contributed by atoms with van der Waals surface area (Å²) in [6.07, 6.45) is -2.86. The Balaban J connectivity index is 1.91. The molecule has 238 valence electrons. The first-order valence-electron chi connectivity index (χ1n) is 14.2. The Bertz CT molecular complexity index is 1930. The molecule has 0 unspecified atom stereocenters. The maximum Gasteiger partial charge on any atom is 0.431 e. The number of hydrogen-bond donors (Lipinski definition) is 2. The zero-order chi connectivity index (χ0) is 32.4. The normalized spacial score (nSPS) is 16.7. The molecule has 16 heteroatoms. The van der Waals surface area contributed by atoms with Gasteiger partial charge >= 0.3 is 6.18 Å². The van der Waals surface area contributed by atoms with Crippen molar-refractivity contribution in [2.45, 2.75) is 45.3 Å². The van der Waals surface area contributed by atoms with Crippen LogP contribution in [-0.2, 0) is 19.0 Å². The number of nitrogen functional groups attached to an aromatic ring is 1. The number of ether oxygens (including phenoxy) is 1. The molecule has 0 amide bonds. The standard InChI is InChI=1S/C29H27Cl2F4N7O3/c1-3-17-24(18(4-2)39-12-38-17)42-23-14(22-26(28(42)44)45-8-5-13-11-37-6-7-40(13)22)9-19(29(33,34)35)41(27(23)43)25-20(32)15(30)10-16(31)21(25)36/h9-10,12-13,37H,3-8,11,36H2,1-2H3/t13-/m0/s1. The monoisotopic (exact) mass is 667 g/mol. The Morgan fingerprint density at radius 2 is 1.71 bits per heavy atom. The summed E-state index contributed by atoms with van der Waals surface area (Å²) < 4.78 is 67.6. The van der Waals surface area contributed by atoms with Gasteiger partial charge in [-0.25, -0.2) is 14.4 Å². The summed E-state index contributed by atoms with van der Waals surface area (Å²) in [6.45, 7) is 4.92. The van der Waals surface area contributed by atoms with Crippen molar-refractivity contribution in [2.24, 2.45) is 0 Å². The minimum Gasteiger partial charge on any atom is -0.486 e. The highest BCUT2D eigenvalue weighted by molar-refractivity contribution is 6.37. The Hall–Kier alpha value is -3.88. The first kappa shape index (κ1) is 31.1. The van der Waals surface area contributed by atoms with E-state index < -0.39 is 50.7 Å². The molecule has 3 aromatic heterocycles. The van der Waals surface area contributed by atoms with E-state index in [0.717, 1.165) is 10.6 Å². The molecule has 1 aromatic carbocycles. The molecule has 2 aliphatic heterocycles. The summed E-state index contributed by atoms with van der Waals surface area (Å²) in [5, 5.41) is 2.01. The summed E-state index contributed by atoms with van der Waals surface area (Å²) in [7, 11) is 0. The fourth-order valence-corrected chi connectivity index (χ4v) is 6.59. The number of rotatable bonds is 4. The molecule has 45 heavy (non-hydrogen) atoms. The van der Waals surface area contributed by atoms with Crippen molar-refractivity contribution in [3.8, 4) is 17.1 Å². The topological polar surface area (TPSA) is 120 Å². The van der Waals surface area contributed by atoms with Gasteiger partial charge in [-0.3, -0.25) is 18.7 Å². The Morgan fingerprint density at radius 1 is 1.02 bits per heavy atom. The van der Waals surface area contributed by atoms with Crippen molar-refractivity contribution in [1.29, 1.82) is 0 Å². The molecule has 4 aromatic rings. The number of halogens is 6. The van der Waals surface area contributed by atoms with Crippen LogP contribution in [0.15, 0.2) is 28.0 Å². The maximum atomic E-state index is 15.6. The second-order valence-electron chi connectivity index (χ2n) is 10.7. The van der Waals surface area contributed by atoms with E-state index in [1.165, 1.54) is 6.33 Å². The van der Waals surface area contributed by atoms with Gasteiger partial charge in [-0.05, 0) is 25.0 Å². The van der Waals surface area contributed by atoms with E-state index in [0.29, 0.717) is 43.5 Å². The van der Waals surface area contributed by atoms with Gasteiger partial charge in [0.2, 0.25) is 5.75 Å². The minimum absolute atomic E-state index is 0.0514. The van der Waals surface area contributed by atoms with Crippen molar-refractivity contribution in [3.05, 3.63) is 72.1 Å². The number of nitrogens with one attached hydrogen (secondary N) is 1. The van der Waals surface area contributed by atoms with Crippen LogP contribution in [0.3, 0.4) is 0 Å². The van der Waals surface area contributed by atoms with Crippen LogP contribution in [0.2, 0.25) is 10.0 Å². The van der Waals surface area contributed by atoms with Crippen LogP contribution in [0.5, 0.6) is 5.75 Å². The zero-order valence-electron chi connectivity index (χ0n) is 24.1. The van der Waals surface area contributed by atoms with Crippen molar-refractivity contribution in [1.82, 2.24) is 24.4 Å². The van der Waals surface area contributed by atoms with Crippen LogP contribution < -0.4 is 31.8 Å². The van der Waals surface area contributed by atoms with Gasteiger partial charge < -0.3 is 20.7 Å². The number of piperazine rings is 1. The predicted octanol–water partition coefficient (Wildman–Crippen LogP) is 4.66. The summed E-state index contributed by atoms with van der Waals surface area (Å²) in [4.78, 5) is 39.6. The summed E-state index contributed by atoms with van der Waals surface area (Å²) in [5.41, 5.74) is 1.09. The van der Waals surface area contributed by atoms with Crippen molar-refractivity contribution in [2.75, 3.05) is 36.9 Å². The van der Waals surface area contributed by atoms with Gasteiger partial charge in [-0.15, -0.1) is 0 Å². The highest BCUT2D eigenvalue weighted by Crippen LogP contribution is 2.43. The lowest BCUT2D eigenvalue weighted by Crippen LogP contribution is -2.51. The summed E-state index contributed by atoms with van der Waals surface area (Å²) >= 11 is 12.1. The number of anilines is 2. The van der Waals surface area contributed by atoms with Crippen LogP contribution in [0.25, 0.3) is 22.3 Å². The van der Waals surface area contributed by atoms with Gasteiger partial charge in [0.05, 0.1) is 45.1 Å². The molecular formula is C29H27Cl2F4N7O3. The van der Waals surface area contributed by atoms with Crippen LogP contribution in [0.4, 0.5) is 28.9 Å². The number of benzene rings is 1. The molecule has 0 spiro atoms. The predicted molar refractivity (Wildman–Crippen MR) is 163 cm³/mol. The SMILES string of the molecule is CCc1ncnc(CC)c1-n1c(=O)c2c(c3cc(C(F)(F)F)n(-c4c(N)c(Cl)cc(Cl)c4F)c(=O)c31)N1CCNC[C@@H]1CCO2. The van der Waals surface area contributed by atoms with E-state index >= 15 is 4.39 Å². The zero-order valence-corrected chi connectivity index (χ0v) is 25.6. The number of aryl methyl sites for hydroxylation is 2. The third kappa shape index (κ3) is 4.90. The number of fused-ring (bicyclic) bond motifs is 5. The van der Waals surface area contributed by atoms with Gasteiger partial charge in [0.15, 0.2) is 5.82 Å². The molecule has 1 fully saturated rings. The molecule has 1 saturated heterocycles. The summed E-state index contributed by atoms with van der Waals surface area (Å²) in [5.74, 6) is -1.60. The molecule has 3 N–H and O–H groups in total. The third-order valence-electron chi connectivity index (χ3n) is 8.17. The molecule has 0 aliphatic carbocycles. The molecular weight excluding hydrogens is 641 g/mol. The average molecular weight is 668 g/mol. The van der Waals surface area contributed by atoms with Crippen LogP contribution in [0.1, 0.15) is 37.4 Å². The van der Waals surface area contributed by atoms with E-state index in [-0.39, 0.29) is 57.6 Å². The molecule has 6 rings (SSSR count). The van der Waals surface area contributed by atoms with Gasteiger partial charge in [-0.1, -0.05) is 37.0 Å².